The zero-order chi connectivity index (χ0) is 14.3. The summed E-state index contributed by atoms with van der Waals surface area (Å²) in [6, 6.07) is 8.57. The van der Waals surface area contributed by atoms with Gasteiger partial charge >= 0.3 is 0 Å². The molecule has 2 atom stereocenters. The second-order valence-corrected chi connectivity index (χ2v) is 6.79. The molecular weight excluding hydrogens is 254 g/mol. The Labute approximate surface area is 120 Å². The number of nitrogens with one attached hydrogen (secondary N) is 1. The molecule has 0 heterocycles. The van der Waals surface area contributed by atoms with E-state index in [1.165, 1.54) is 5.56 Å². The molecular formula is C16H27NOS. The van der Waals surface area contributed by atoms with Gasteiger partial charge in [-0.3, -0.25) is 4.21 Å². The monoisotopic (exact) mass is 281 g/mol. The first-order chi connectivity index (χ1) is 9.08. The lowest BCUT2D eigenvalue weighted by Gasteiger charge is -2.16. The largest absolute Gasteiger partial charge is 0.313 e. The minimum absolute atomic E-state index is 0.352. The van der Waals surface area contributed by atoms with Gasteiger partial charge in [-0.05, 0) is 43.0 Å². The van der Waals surface area contributed by atoms with Crippen molar-refractivity contribution >= 4 is 10.8 Å². The van der Waals surface area contributed by atoms with Gasteiger partial charge in [0.2, 0.25) is 0 Å². The summed E-state index contributed by atoms with van der Waals surface area (Å²) in [6.07, 6.45) is 2.14. The van der Waals surface area contributed by atoms with Crippen LogP contribution in [0.25, 0.3) is 0 Å². The molecule has 0 aliphatic heterocycles. The Morgan fingerprint density at radius 1 is 1.16 bits per heavy atom. The molecule has 0 aliphatic rings. The maximum atomic E-state index is 12.3. The van der Waals surface area contributed by atoms with Crippen molar-refractivity contribution < 1.29 is 4.21 Å². The highest BCUT2D eigenvalue weighted by molar-refractivity contribution is 7.85. The van der Waals surface area contributed by atoms with Crippen molar-refractivity contribution in [1.29, 1.82) is 0 Å². The third kappa shape index (κ3) is 5.45. The molecule has 0 spiro atoms. The smallest absolute Gasteiger partial charge is 0.0545 e. The molecule has 0 fully saturated rings. The van der Waals surface area contributed by atoms with Crippen molar-refractivity contribution in [2.75, 3.05) is 12.3 Å². The highest BCUT2D eigenvalue weighted by Crippen LogP contribution is 2.17. The molecule has 19 heavy (non-hydrogen) atoms. The Balaban J connectivity index is 2.61. The van der Waals surface area contributed by atoms with E-state index in [4.69, 9.17) is 0 Å². The topological polar surface area (TPSA) is 29.1 Å². The predicted molar refractivity (Wildman–Crippen MR) is 84.2 cm³/mol. The third-order valence-electron chi connectivity index (χ3n) is 3.34. The molecule has 0 saturated carbocycles. The average Bonchev–Trinajstić information content (AvgIpc) is 2.43. The lowest BCUT2D eigenvalue weighted by Crippen LogP contribution is -2.34. The van der Waals surface area contributed by atoms with Crippen LogP contribution in [0.2, 0.25) is 0 Å². The fourth-order valence-electron chi connectivity index (χ4n) is 1.95. The van der Waals surface area contributed by atoms with Gasteiger partial charge in [-0.2, -0.15) is 0 Å². The van der Waals surface area contributed by atoms with Gasteiger partial charge in [0.15, 0.2) is 0 Å². The summed E-state index contributed by atoms with van der Waals surface area (Å²) < 4.78 is 12.3. The van der Waals surface area contributed by atoms with Crippen molar-refractivity contribution in [2.45, 2.75) is 57.4 Å². The normalized spacial score (nSPS) is 14.6. The second-order valence-electron chi connectivity index (χ2n) is 5.30. The Kier molecular flexibility index (Phi) is 7.32. The lowest BCUT2D eigenvalue weighted by atomic mass is 10.0. The summed E-state index contributed by atoms with van der Waals surface area (Å²) >= 11 is 0. The standard InChI is InChI=1S/C16H27NOS/c1-5-11-17-15(6-2)12-19(18)16-9-7-14(8-10-16)13(3)4/h7-10,13,15,17H,5-6,11-12H2,1-4H3. The van der Waals surface area contributed by atoms with E-state index in [1.54, 1.807) is 0 Å². The Bertz CT molecular complexity index is 386. The third-order valence-corrected chi connectivity index (χ3v) is 4.84. The highest BCUT2D eigenvalue weighted by atomic mass is 32.2. The predicted octanol–water partition coefficient (Wildman–Crippen LogP) is 3.70. The minimum atomic E-state index is -0.901. The van der Waals surface area contributed by atoms with E-state index in [2.05, 4.69) is 45.1 Å². The van der Waals surface area contributed by atoms with E-state index in [1.807, 2.05) is 12.1 Å². The zero-order valence-electron chi connectivity index (χ0n) is 12.6. The molecule has 2 unspecified atom stereocenters. The van der Waals surface area contributed by atoms with E-state index in [0.717, 1.165) is 24.3 Å². The highest BCUT2D eigenvalue weighted by Gasteiger charge is 2.12. The first kappa shape index (κ1) is 16.4. The van der Waals surface area contributed by atoms with Crippen molar-refractivity contribution in [2.24, 2.45) is 0 Å². The summed E-state index contributed by atoms with van der Waals surface area (Å²) in [6.45, 7) is 9.65. The van der Waals surface area contributed by atoms with E-state index < -0.39 is 10.8 Å². The van der Waals surface area contributed by atoms with Crippen LogP contribution in [-0.2, 0) is 10.8 Å². The fraction of sp³-hybridized carbons (Fsp3) is 0.625. The molecule has 1 aromatic rings. The van der Waals surface area contributed by atoms with Crippen molar-refractivity contribution in [3.8, 4) is 0 Å². The van der Waals surface area contributed by atoms with Crippen LogP contribution in [0.5, 0.6) is 0 Å². The van der Waals surface area contributed by atoms with Crippen LogP contribution in [0.3, 0.4) is 0 Å². The Morgan fingerprint density at radius 3 is 2.26 bits per heavy atom. The molecule has 0 aromatic heterocycles. The molecule has 0 aliphatic carbocycles. The van der Waals surface area contributed by atoms with Crippen LogP contribution in [0, 0.1) is 0 Å². The Morgan fingerprint density at radius 2 is 1.79 bits per heavy atom. The molecule has 1 rings (SSSR count). The summed E-state index contributed by atoms with van der Waals surface area (Å²) in [5, 5.41) is 3.46. The SMILES string of the molecule is CCCNC(CC)CS(=O)c1ccc(C(C)C)cc1. The van der Waals surface area contributed by atoms with Crippen LogP contribution in [0.15, 0.2) is 29.2 Å². The van der Waals surface area contributed by atoms with Crippen molar-refractivity contribution in [3.05, 3.63) is 29.8 Å². The van der Waals surface area contributed by atoms with Crippen molar-refractivity contribution in [1.82, 2.24) is 5.32 Å². The molecule has 0 radical (unpaired) electrons. The maximum Gasteiger partial charge on any atom is 0.0545 e. The molecule has 1 aromatic carbocycles. The lowest BCUT2D eigenvalue weighted by molar-refractivity contribution is 0.534. The summed E-state index contributed by atoms with van der Waals surface area (Å²) in [4.78, 5) is 0.946. The van der Waals surface area contributed by atoms with Gasteiger partial charge in [-0.15, -0.1) is 0 Å². The maximum absolute atomic E-state index is 12.3. The average molecular weight is 281 g/mol. The number of hydrogen-bond donors (Lipinski definition) is 1. The molecule has 0 saturated heterocycles. The first-order valence-electron chi connectivity index (χ1n) is 7.30. The summed E-state index contributed by atoms with van der Waals surface area (Å²) in [5.41, 5.74) is 1.30. The van der Waals surface area contributed by atoms with Gasteiger partial charge in [0.05, 0.1) is 10.8 Å². The van der Waals surface area contributed by atoms with E-state index in [-0.39, 0.29) is 0 Å². The fourth-order valence-corrected chi connectivity index (χ4v) is 3.30. The zero-order valence-corrected chi connectivity index (χ0v) is 13.4. The van der Waals surface area contributed by atoms with Gasteiger partial charge < -0.3 is 5.32 Å². The molecule has 108 valence electrons. The van der Waals surface area contributed by atoms with E-state index >= 15 is 0 Å². The number of hydrogen-bond acceptors (Lipinski definition) is 2. The quantitative estimate of drug-likeness (QED) is 0.787. The van der Waals surface area contributed by atoms with Crippen LogP contribution in [0.4, 0.5) is 0 Å². The molecule has 0 bridgehead atoms. The number of benzene rings is 1. The van der Waals surface area contributed by atoms with Gasteiger partial charge in [0.25, 0.3) is 0 Å². The van der Waals surface area contributed by atoms with E-state index in [0.29, 0.717) is 17.7 Å². The summed E-state index contributed by atoms with van der Waals surface area (Å²) in [7, 11) is -0.901. The van der Waals surface area contributed by atoms with Gasteiger partial charge in [0, 0.05) is 16.7 Å². The van der Waals surface area contributed by atoms with Gasteiger partial charge in [-0.1, -0.05) is 39.8 Å². The molecule has 1 N–H and O–H groups in total. The van der Waals surface area contributed by atoms with Gasteiger partial charge in [-0.25, -0.2) is 0 Å². The number of rotatable bonds is 8. The van der Waals surface area contributed by atoms with Crippen LogP contribution in [-0.4, -0.2) is 22.5 Å². The minimum Gasteiger partial charge on any atom is -0.313 e. The van der Waals surface area contributed by atoms with Crippen LogP contribution < -0.4 is 5.32 Å². The van der Waals surface area contributed by atoms with Crippen molar-refractivity contribution in [3.63, 3.8) is 0 Å². The van der Waals surface area contributed by atoms with Crippen LogP contribution >= 0.6 is 0 Å². The molecule has 3 heteroatoms. The first-order valence-corrected chi connectivity index (χ1v) is 8.62. The van der Waals surface area contributed by atoms with Crippen LogP contribution in [0.1, 0.15) is 52.0 Å². The van der Waals surface area contributed by atoms with E-state index in [9.17, 15) is 4.21 Å². The Hall–Kier alpha value is -0.670. The summed E-state index contributed by atoms with van der Waals surface area (Å²) in [5.74, 6) is 1.23. The second kappa shape index (κ2) is 8.49. The van der Waals surface area contributed by atoms with Gasteiger partial charge in [0.1, 0.15) is 0 Å². The molecule has 2 nitrogen and oxygen atoms in total. The molecule has 0 amide bonds.